The second kappa shape index (κ2) is 5.29. The second-order valence-corrected chi connectivity index (χ2v) is 5.71. The predicted molar refractivity (Wildman–Crippen MR) is 74.3 cm³/mol. The maximum Gasteiger partial charge on any atom is 0.229 e. The van der Waals surface area contributed by atoms with E-state index in [1.807, 2.05) is 6.92 Å². The number of carbonyl (C=O) groups is 1. The summed E-state index contributed by atoms with van der Waals surface area (Å²) in [5.74, 6) is -0.612. The van der Waals surface area contributed by atoms with Gasteiger partial charge in [0, 0.05) is 16.8 Å². The van der Waals surface area contributed by atoms with Crippen LogP contribution in [0.15, 0.2) is 18.2 Å². The van der Waals surface area contributed by atoms with Crippen LogP contribution in [0.5, 0.6) is 0 Å². The van der Waals surface area contributed by atoms with Gasteiger partial charge >= 0.3 is 0 Å². The number of nitrogens with one attached hydrogen (secondary N) is 1. The maximum absolute atomic E-state index is 13.4. The molecule has 1 aliphatic rings. The molecular formula is C15H21FN2O. The van der Waals surface area contributed by atoms with Gasteiger partial charge < -0.3 is 11.1 Å². The lowest BCUT2D eigenvalue weighted by Crippen LogP contribution is -2.51. The van der Waals surface area contributed by atoms with Crippen LogP contribution in [0.4, 0.5) is 10.1 Å². The Morgan fingerprint density at radius 3 is 2.89 bits per heavy atom. The van der Waals surface area contributed by atoms with Gasteiger partial charge in [-0.25, -0.2) is 4.39 Å². The highest BCUT2D eigenvalue weighted by molar-refractivity contribution is 5.94. The Morgan fingerprint density at radius 1 is 1.47 bits per heavy atom. The van der Waals surface area contributed by atoms with Crippen LogP contribution in [0.25, 0.3) is 0 Å². The van der Waals surface area contributed by atoms with Gasteiger partial charge in [-0.05, 0) is 38.8 Å². The molecule has 2 atom stereocenters. The molecular weight excluding hydrogens is 243 g/mol. The highest BCUT2D eigenvalue weighted by Crippen LogP contribution is 2.32. The van der Waals surface area contributed by atoms with E-state index in [0.717, 1.165) is 25.7 Å². The van der Waals surface area contributed by atoms with Crippen molar-refractivity contribution < 1.29 is 9.18 Å². The molecule has 1 aliphatic carbocycles. The van der Waals surface area contributed by atoms with E-state index < -0.39 is 5.54 Å². The van der Waals surface area contributed by atoms with E-state index in [1.54, 1.807) is 19.1 Å². The van der Waals surface area contributed by atoms with Crippen molar-refractivity contribution in [3.05, 3.63) is 29.6 Å². The Kier molecular flexibility index (Phi) is 3.90. The molecule has 0 bridgehead atoms. The molecule has 0 radical (unpaired) electrons. The maximum atomic E-state index is 13.4. The molecule has 3 nitrogen and oxygen atoms in total. The van der Waals surface area contributed by atoms with Crippen molar-refractivity contribution in [2.45, 2.75) is 45.1 Å². The number of amides is 1. The third kappa shape index (κ3) is 2.95. The van der Waals surface area contributed by atoms with Crippen molar-refractivity contribution in [3.63, 3.8) is 0 Å². The van der Waals surface area contributed by atoms with Crippen LogP contribution in [0.3, 0.4) is 0 Å². The zero-order valence-electron chi connectivity index (χ0n) is 11.5. The summed E-state index contributed by atoms with van der Waals surface area (Å²) in [5.41, 5.74) is 6.74. The fraction of sp³-hybridized carbons (Fsp3) is 0.533. The van der Waals surface area contributed by atoms with Crippen molar-refractivity contribution in [1.29, 1.82) is 0 Å². The summed E-state index contributed by atoms with van der Waals surface area (Å²) in [6.45, 7) is 3.59. The summed E-state index contributed by atoms with van der Waals surface area (Å²) < 4.78 is 13.4. The predicted octanol–water partition coefficient (Wildman–Crippen LogP) is 2.98. The Morgan fingerprint density at radius 2 is 2.21 bits per heavy atom. The topological polar surface area (TPSA) is 55.1 Å². The summed E-state index contributed by atoms with van der Waals surface area (Å²) in [7, 11) is 0. The van der Waals surface area contributed by atoms with Crippen LogP contribution < -0.4 is 11.1 Å². The zero-order chi connectivity index (χ0) is 14.0. The van der Waals surface area contributed by atoms with Crippen molar-refractivity contribution in [2.24, 2.45) is 11.7 Å². The minimum absolute atomic E-state index is 0.0987. The number of hydrogen-bond donors (Lipinski definition) is 2. The first-order valence-corrected chi connectivity index (χ1v) is 6.76. The van der Waals surface area contributed by atoms with Gasteiger partial charge in [0.15, 0.2) is 0 Å². The van der Waals surface area contributed by atoms with E-state index in [1.165, 1.54) is 6.07 Å². The zero-order valence-corrected chi connectivity index (χ0v) is 11.5. The summed E-state index contributed by atoms with van der Waals surface area (Å²) >= 11 is 0. The summed E-state index contributed by atoms with van der Waals surface area (Å²) in [5, 5.41) is 2.82. The molecule has 4 heteroatoms. The van der Waals surface area contributed by atoms with Crippen LogP contribution in [-0.4, -0.2) is 11.4 Å². The first-order valence-electron chi connectivity index (χ1n) is 6.76. The van der Waals surface area contributed by atoms with Crippen molar-refractivity contribution in [1.82, 2.24) is 0 Å². The fourth-order valence-electron chi connectivity index (χ4n) is 2.75. The quantitative estimate of drug-likeness (QED) is 0.862. The molecule has 3 N–H and O–H groups in total. The molecule has 0 saturated heterocycles. The van der Waals surface area contributed by atoms with Crippen LogP contribution >= 0.6 is 0 Å². The molecule has 104 valence electrons. The van der Waals surface area contributed by atoms with Crippen LogP contribution in [0.2, 0.25) is 0 Å². The van der Waals surface area contributed by atoms with Gasteiger partial charge in [-0.2, -0.15) is 0 Å². The van der Waals surface area contributed by atoms with Gasteiger partial charge in [0.2, 0.25) is 5.91 Å². The lowest BCUT2D eigenvalue weighted by atomic mass is 9.74. The third-order valence-corrected chi connectivity index (χ3v) is 4.10. The van der Waals surface area contributed by atoms with Gasteiger partial charge in [-0.15, -0.1) is 0 Å². The normalized spacial score (nSPS) is 27.1. The molecule has 2 rings (SSSR count). The Balaban J connectivity index is 2.14. The van der Waals surface area contributed by atoms with Gasteiger partial charge in [-0.1, -0.05) is 18.9 Å². The number of halogens is 1. The molecule has 0 heterocycles. The van der Waals surface area contributed by atoms with E-state index in [2.05, 4.69) is 5.32 Å². The lowest BCUT2D eigenvalue weighted by Gasteiger charge is -2.37. The summed E-state index contributed by atoms with van der Waals surface area (Å²) in [4.78, 5) is 12.3. The van der Waals surface area contributed by atoms with Crippen LogP contribution in [0, 0.1) is 18.7 Å². The number of carbonyl (C=O) groups excluding carboxylic acids is 1. The molecule has 1 amide bonds. The second-order valence-electron chi connectivity index (χ2n) is 5.71. The van der Waals surface area contributed by atoms with Crippen molar-refractivity contribution >= 4 is 11.6 Å². The SMILES string of the molecule is Cc1c(F)cccc1NC(=O)C1CCCCC1(C)N. The number of anilines is 1. The van der Waals surface area contributed by atoms with Gasteiger partial charge in [0.25, 0.3) is 0 Å². The summed E-state index contributed by atoms with van der Waals surface area (Å²) in [6, 6.07) is 4.70. The van der Waals surface area contributed by atoms with Gasteiger partial charge in [0.1, 0.15) is 5.82 Å². The molecule has 2 unspecified atom stereocenters. The van der Waals surface area contributed by atoms with E-state index >= 15 is 0 Å². The highest BCUT2D eigenvalue weighted by atomic mass is 19.1. The Hall–Kier alpha value is -1.42. The molecule has 0 aromatic heterocycles. The van der Waals surface area contributed by atoms with E-state index in [-0.39, 0.29) is 17.6 Å². The smallest absolute Gasteiger partial charge is 0.229 e. The largest absolute Gasteiger partial charge is 0.325 e. The highest BCUT2D eigenvalue weighted by Gasteiger charge is 2.37. The minimum Gasteiger partial charge on any atom is -0.325 e. The van der Waals surface area contributed by atoms with E-state index in [0.29, 0.717) is 11.3 Å². The average Bonchev–Trinajstić information content (AvgIpc) is 2.34. The van der Waals surface area contributed by atoms with E-state index in [4.69, 9.17) is 5.73 Å². The lowest BCUT2D eigenvalue weighted by molar-refractivity contribution is -0.122. The minimum atomic E-state index is -0.469. The number of rotatable bonds is 2. The van der Waals surface area contributed by atoms with Crippen LogP contribution in [0.1, 0.15) is 38.2 Å². The fourth-order valence-corrected chi connectivity index (χ4v) is 2.75. The standard InChI is InChI=1S/C15H21FN2O/c1-10-12(16)7-5-8-13(10)18-14(19)11-6-3-4-9-15(11,2)17/h5,7-8,11H,3-4,6,9,17H2,1-2H3,(H,18,19). The first kappa shape index (κ1) is 14.0. The Bertz CT molecular complexity index is 485. The average molecular weight is 264 g/mol. The van der Waals surface area contributed by atoms with Crippen LogP contribution in [-0.2, 0) is 4.79 Å². The Labute approximate surface area is 113 Å². The molecule has 1 fully saturated rings. The number of nitrogens with two attached hydrogens (primary N) is 1. The van der Waals surface area contributed by atoms with Crippen molar-refractivity contribution in [3.8, 4) is 0 Å². The van der Waals surface area contributed by atoms with Crippen molar-refractivity contribution in [2.75, 3.05) is 5.32 Å². The molecule has 1 aromatic carbocycles. The molecule has 0 aliphatic heterocycles. The molecule has 1 aromatic rings. The number of benzene rings is 1. The van der Waals surface area contributed by atoms with E-state index in [9.17, 15) is 9.18 Å². The van der Waals surface area contributed by atoms with Gasteiger partial charge in [-0.3, -0.25) is 4.79 Å². The molecule has 19 heavy (non-hydrogen) atoms. The summed E-state index contributed by atoms with van der Waals surface area (Å²) in [6.07, 6.45) is 3.74. The third-order valence-electron chi connectivity index (χ3n) is 4.10. The monoisotopic (exact) mass is 264 g/mol. The molecule has 0 spiro atoms. The molecule has 1 saturated carbocycles. The van der Waals surface area contributed by atoms with Gasteiger partial charge in [0.05, 0.1) is 5.92 Å². The number of hydrogen-bond acceptors (Lipinski definition) is 2. The first-order chi connectivity index (χ1) is 8.92.